The monoisotopic (exact) mass is 346 g/mol. The van der Waals surface area contributed by atoms with Crippen LogP contribution in [0.3, 0.4) is 0 Å². The Hall–Kier alpha value is -2.79. The lowest BCUT2D eigenvalue weighted by molar-refractivity contribution is 0.0988. The molecule has 26 heavy (non-hydrogen) atoms. The van der Waals surface area contributed by atoms with Crippen LogP contribution >= 0.6 is 0 Å². The molecule has 1 saturated heterocycles. The van der Waals surface area contributed by atoms with Crippen molar-refractivity contribution in [2.45, 2.75) is 25.2 Å². The van der Waals surface area contributed by atoms with E-state index < -0.39 is 0 Å². The molecule has 1 N–H and O–H groups in total. The van der Waals surface area contributed by atoms with Crippen molar-refractivity contribution >= 4 is 5.78 Å². The maximum atomic E-state index is 12.5. The number of para-hydroxylation sites is 1. The Morgan fingerprint density at radius 1 is 1.12 bits per heavy atom. The third-order valence-electron chi connectivity index (χ3n) is 4.88. The Kier molecular flexibility index (Phi) is 4.88. The molecule has 0 aliphatic carbocycles. The molecule has 0 saturated carbocycles. The molecule has 0 spiro atoms. The van der Waals surface area contributed by atoms with Gasteiger partial charge < -0.3 is 5.32 Å². The van der Waals surface area contributed by atoms with Gasteiger partial charge in [-0.05, 0) is 48.6 Å². The van der Waals surface area contributed by atoms with E-state index in [1.54, 1.807) is 0 Å². The second kappa shape index (κ2) is 7.62. The van der Waals surface area contributed by atoms with Gasteiger partial charge in [0.2, 0.25) is 0 Å². The van der Waals surface area contributed by atoms with Crippen LogP contribution < -0.4 is 5.32 Å². The van der Waals surface area contributed by atoms with Crippen LogP contribution in [-0.4, -0.2) is 33.9 Å². The summed E-state index contributed by atoms with van der Waals surface area (Å²) in [6.45, 7) is 2.16. The van der Waals surface area contributed by atoms with E-state index in [-0.39, 0.29) is 5.78 Å². The minimum absolute atomic E-state index is 0.0146. The maximum absolute atomic E-state index is 12.5. The number of rotatable bonds is 5. The van der Waals surface area contributed by atoms with Crippen LogP contribution in [-0.2, 0) is 6.42 Å². The molecule has 1 aliphatic heterocycles. The number of aromatic nitrogens is 3. The lowest BCUT2D eigenvalue weighted by Gasteiger charge is -2.23. The Balaban J connectivity index is 1.42. The number of nitrogens with zero attached hydrogens (tertiary/aromatic N) is 3. The molecule has 5 nitrogen and oxygen atoms in total. The van der Waals surface area contributed by atoms with Crippen LogP contribution in [0.5, 0.6) is 0 Å². The number of hydrogen-bond acceptors (Lipinski definition) is 4. The molecule has 2 heterocycles. The number of piperidine rings is 1. The molecule has 3 aromatic rings. The van der Waals surface area contributed by atoms with E-state index in [9.17, 15) is 4.79 Å². The van der Waals surface area contributed by atoms with Crippen molar-refractivity contribution in [3.63, 3.8) is 0 Å². The van der Waals surface area contributed by atoms with E-state index >= 15 is 0 Å². The predicted octanol–water partition coefficient (Wildman–Crippen LogP) is 3.16. The van der Waals surface area contributed by atoms with Crippen molar-refractivity contribution in [3.8, 4) is 5.69 Å². The summed E-state index contributed by atoms with van der Waals surface area (Å²) >= 11 is 0. The summed E-state index contributed by atoms with van der Waals surface area (Å²) in [6, 6.07) is 18.0. The molecular weight excluding hydrogens is 324 g/mol. The first-order valence-corrected chi connectivity index (χ1v) is 9.10. The first-order valence-electron chi connectivity index (χ1n) is 9.10. The van der Waals surface area contributed by atoms with Crippen LogP contribution in [0.4, 0.5) is 0 Å². The smallest absolute Gasteiger partial charge is 0.189 e. The van der Waals surface area contributed by atoms with Gasteiger partial charge in [0.25, 0.3) is 0 Å². The SMILES string of the molecule is O=C(Cc1ccc(C2CCCNC2)cc1)c1cnn(-c2ccccc2)n1. The summed E-state index contributed by atoms with van der Waals surface area (Å²) in [5, 5.41) is 12.0. The summed E-state index contributed by atoms with van der Waals surface area (Å²) in [5.74, 6) is 0.568. The van der Waals surface area contributed by atoms with E-state index in [0.29, 0.717) is 18.0 Å². The minimum Gasteiger partial charge on any atom is -0.316 e. The van der Waals surface area contributed by atoms with Gasteiger partial charge in [-0.15, -0.1) is 5.10 Å². The number of Topliss-reactive ketones (excluding diaryl/α,β-unsaturated/α-hetero) is 1. The van der Waals surface area contributed by atoms with Gasteiger partial charge in [-0.1, -0.05) is 42.5 Å². The van der Waals surface area contributed by atoms with Gasteiger partial charge in [-0.3, -0.25) is 4.79 Å². The van der Waals surface area contributed by atoms with Crippen molar-refractivity contribution in [1.29, 1.82) is 0 Å². The highest BCUT2D eigenvalue weighted by molar-refractivity contribution is 5.95. The fraction of sp³-hybridized carbons (Fsp3) is 0.286. The summed E-state index contributed by atoms with van der Waals surface area (Å²) in [5.41, 5.74) is 3.60. The second-order valence-corrected chi connectivity index (χ2v) is 6.74. The standard InChI is InChI=1S/C21H22N4O/c26-21(20-15-23-25(24-20)19-6-2-1-3-7-19)13-16-8-10-17(11-9-16)18-5-4-12-22-14-18/h1-3,6-11,15,18,22H,4-5,12-14H2. The lowest BCUT2D eigenvalue weighted by Crippen LogP contribution is -2.28. The average Bonchev–Trinajstić information content (AvgIpc) is 3.20. The molecule has 1 aromatic heterocycles. The zero-order chi connectivity index (χ0) is 17.8. The number of ketones is 1. The average molecular weight is 346 g/mol. The first kappa shape index (κ1) is 16.7. The molecule has 1 unspecified atom stereocenters. The summed E-state index contributed by atoms with van der Waals surface area (Å²) < 4.78 is 0. The third-order valence-corrected chi connectivity index (χ3v) is 4.88. The summed E-state index contributed by atoms with van der Waals surface area (Å²) in [7, 11) is 0. The minimum atomic E-state index is -0.0146. The van der Waals surface area contributed by atoms with Crippen LogP contribution in [0.15, 0.2) is 60.8 Å². The van der Waals surface area contributed by atoms with Gasteiger partial charge in [-0.2, -0.15) is 9.90 Å². The van der Waals surface area contributed by atoms with Crippen molar-refractivity contribution in [2.24, 2.45) is 0 Å². The fourth-order valence-corrected chi connectivity index (χ4v) is 3.40. The topological polar surface area (TPSA) is 59.8 Å². The van der Waals surface area contributed by atoms with Crippen molar-refractivity contribution in [2.75, 3.05) is 13.1 Å². The first-order chi connectivity index (χ1) is 12.8. The van der Waals surface area contributed by atoms with Gasteiger partial charge in [0, 0.05) is 13.0 Å². The normalized spacial score (nSPS) is 17.2. The number of hydrogen-bond donors (Lipinski definition) is 1. The van der Waals surface area contributed by atoms with Crippen molar-refractivity contribution < 1.29 is 4.79 Å². The molecule has 1 aliphatic rings. The lowest BCUT2D eigenvalue weighted by atomic mass is 9.91. The number of carbonyl (C=O) groups excluding carboxylic acids is 1. The van der Waals surface area contributed by atoms with E-state index in [1.807, 2.05) is 30.3 Å². The second-order valence-electron chi connectivity index (χ2n) is 6.74. The molecule has 1 fully saturated rings. The molecule has 0 radical (unpaired) electrons. The Bertz CT molecular complexity index is 865. The molecule has 4 rings (SSSR count). The maximum Gasteiger partial charge on any atom is 0.189 e. The molecule has 0 amide bonds. The van der Waals surface area contributed by atoms with Crippen molar-refractivity contribution in [3.05, 3.63) is 77.6 Å². The van der Waals surface area contributed by atoms with Gasteiger partial charge in [0.05, 0.1) is 11.9 Å². The van der Waals surface area contributed by atoms with Crippen LogP contribution in [0.1, 0.15) is 40.4 Å². The number of nitrogens with one attached hydrogen (secondary N) is 1. The molecule has 132 valence electrons. The molecule has 1 atom stereocenters. The summed E-state index contributed by atoms with van der Waals surface area (Å²) in [6.07, 6.45) is 4.34. The van der Waals surface area contributed by atoms with E-state index in [0.717, 1.165) is 24.3 Å². The Morgan fingerprint density at radius 3 is 2.65 bits per heavy atom. The Morgan fingerprint density at radius 2 is 1.92 bits per heavy atom. The molecule has 2 aromatic carbocycles. The number of carbonyl (C=O) groups is 1. The van der Waals surface area contributed by atoms with Gasteiger partial charge in [0.15, 0.2) is 5.78 Å². The molecule has 5 heteroatoms. The van der Waals surface area contributed by atoms with E-state index in [4.69, 9.17) is 0 Å². The van der Waals surface area contributed by atoms with Crippen LogP contribution in [0.25, 0.3) is 5.69 Å². The van der Waals surface area contributed by atoms with Gasteiger partial charge in [0.1, 0.15) is 5.69 Å². The van der Waals surface area contributed by atoms with Gasteiger partial charge >= 0.3 is 0 Å². The van der Waals surface area contributed by atoms with Crippen LogP contribution in [0, 0.1) is 0 Å². The largest absolute Gasteiger partial charge is 0.316 e. The van der Waals surface area contributed by atoms with E-state index in [2.05, 4.69) is 39.8 Å². The third kappa shape index (κ3) is 3.73. The zero-order valence-corrected chi connectivity index (χ0v) is 14.6. The molecular formula is C21H22N4O. The predicted molar refractivity (Wildman–Crippen MR) is 101 cm³/mol. The highest BCUT2D eigenvalue weighted by atomic mass is 16.1. The fourth-order valence-electron chi connectivity index (χ4n) is 3.40. The van der Waals surface area contributed by atoms with E-state index in [1.165, 1.54) is 29.4 Å². The zero-order valence-electron chi connectivity index (χ0n) is 14.6. The van der Waals surface area contributed by atoms with Gasteiger partial charge in [-0.25, -0.2) is 0 Å². The number of benzene rings is 2. The molecule has 0 bridgehead atoms. The quantitative estimate of drug-likeness (QED) is 0.721. The highest BCUT2D eigenvalue weighted by Crippen LogP contribution is 2.23. The van der Waals surface area contributed by atoms with Crippen LogP contribution in [0.2, 0.25) is 0 Å². The Labute approximate surface area is 153 Å². The highest BCUT2D eigenvalue weighted by Gasteiger charge is 2.16. The van der Waals surface area contributed by atoms with Crippen molar-refractivity contribution in [1.82, 2.24) is 20.3 Å². The summed E-state index contributed by atoms with van der Waals surface area (Å²) in [4.78, 5) is 14.0.